The fourth-order valence-electron chi connectivity index (χ4n) is 3.33. The molecule has 0 aliphatic heterocycles. The van der Waals surface area contributed by atoms with Crippen molar-refractivity contribution in [2.45, 2.75) is 72.3 Å². The minimum Gasteiger partial charge on any atom is -0.544 e. The van der Waals surface area contributed by atoms with Gasteiger partial charge in [-0.15, -0.1) is 0 Å². The number of carbonyl (C=O) groups excluding carboxylic acids is 2. The van der Waals surface area contributed by atoms with Crippen LogP contribution in [0.25, 0.3) is 0 Å². The zero-order valence-electron chi connectivity index (χ0n) is 23.5. The first kappa shape index (κ1) is 45.8. The summed E-state index contributed by atoms with van der Waals surface area (Å²) < 4.78 is 281. The number of hydrogen-bond acceptors (Lipinski definition) is 4. The Morgan fingerprint density at radius 2 is 0.958 bits per heavy atom. The molecule has 0 aromatic carbocycles. The summed E-state index contributed by atoms with van der Waals surface area (Å²) in [6.07, 6.45) is -10.8. The maximum Gasteiger partial charge on any atom is 0.460 e. The number of carboxylic acid groups (broad SMARTS) is 1. The molecule has 0 spiro atoms. The number of hydrogen-bond donors (Lipinski definition) is 1. The lowest BCUT2D eigenvalue weighted by molar-refractivity contribution is -0.884. The average molecular weight is 780 g/mol. The lowest BCUT2D eigenvalue weighted by Gasteiger charge is -2.44. The summed E-state index contributed by atoms with van der Waals surface area (Å²) in [5, 5.41) is 12.7. The fourth-order valence-corrected chi connectivity index (χ4v) is 4.16. The van der Waals surface area contributed by atoms with E-state index in [0.29, 0.717) is 0 Å². The van der Waals surface area contributed by atoms with Crippen molar-refractivity contribution in [2.24, 2.45) is 0 Å². The van der Waals surface area contributed by atoms with Crippen molar-refractivity contribution in [1.29, 1.82) is 0 Å². The zero-order valence-corrected chi connectivity index (χ0v) is 24.3. The zero-order chi connectivity index (χ0) is 39.0. The topological polar surface area (TPSA) is 69.2 Å². The van der Waals surface area contributed by atoms with Gasteiger partial charge in [-0.3, -0.25) is 4.79 Å². The summed E-state index contributed by atoms with van der Waals surface area (Å²) in [5.41, 5.74) is 0. The second-order valence-electron chi connectivity index (χ2n) is 10.5. The van der Waals surface area contributed by atoms with Gasteiger partial charge in [0.25, 0.3) is 0 Å². The molecule has 0 atom stereocenters. The molecule has 0 rings (SSSR count). The molecule has 286 valence electrons. The molecule has 0 radical (unpaired) electrons. The molecule has 0 saturated carbocycles. The first-order valence-electron chi connectivity index (χ1n) is 12.1. The van der Waals surface area contributed by atoms with E-state index in [4.69, 9.17) is 0 Å². The molecule has 1 amide bonds. The normalized spacial score (nSPS) is 15.5. The van der Waals surface area contributed by atoms with Crippen molar-refractivity contribution in [1.82, 2.24) is 5.32 Å². The molecule has 0 heterocycles. The Morgan fingerprint density at radius 1 is 0.604 bits per heavy atom. The van der Waals surface area contributed by atoms with E-state index in [1.807, 2.05) is 0 Å². The summed E-state index contributed by atoms with van der Waals surface area (Å²) in [6, 6.07) is 0. The molecule has 0 unspecified atom stereocenters. The van der Waals surface area contributed by atoms with Gasteiger partial charge >= 0.3 is 59.5 Å². The van der Waals surface area contributed by atoms with E-state index in [1.165, 1.54) is 14.1 Å². The van der Waals surface area contributed by atoms with Crippen molar-refractivity contribution in [3.63, 3.8) is 0 Å². The number of rotatable bonds is 19. The summed E-state index contributed by atoms with van der Waals surface area (Å²) in [5.74, 6) is -82.5. The molecule has 27 heteroatoms. The van der Waals surface area contributed by atoms with Gasteiger partial charge in [0, 0.05) is 19.4 Å². The third kappa shape index (κ3) is 8.05. The van der Waals surface area contributed by atoms with Crippen LogP contribution in [-0.2, 0) is 9.59 Å². The van der Waals surface area contributed by atoms with Crippen LogP contribution in [0.2, 0.25) is 0 Å². The third-order valence-corrected chi connectivity index (χ3v) is 7.15. The van der Waals surface area contributed by atoms with E-state index in [2.05, 4.69) is 5.32 Å². The maximum absolute atomic E-state index is 13.9. The van der Waals surface area contributed by atoms with Crippen molar-refractivity contribution in [2.75, 3.05) is 45.2 Å². The van der Waals surface area contributed by atoms with Gasteiger partial charge in [0.05, 0.1) is 32.4 Å². The standard InChI is InChI=1S/C21H21F21N2O3S/c1-44(2,8-11(46)47)6-3-5-43-10(45)9-48-7-4-12(22,23)13(24,25)14(26,27)15(28,29)16(30,31)17(32,33)18(34,35)19(36,37)20(38,39)21(40,41)42/h3-9H2,1-2H3,(H-,43,45,46,47). The van der Waals surface area contributed by atoms with Gasteiger partial charge in [-0.05, 0) is 5.75 Å². The van der Waals surface area contributed by atoms with E-state index in [-0.39, 0.29) is 35.8 Å². The van der Waals surface area contributed by atoms with Gasteiger partial charge in [-0.25, -0.2) is 0 Å². The average Bonchev–Trinajstić information content (AvgIpc) is 2.86. The number of alkyl halides is 21. The maximum atomic E-state index is 13.9. The van der Waals surface area contributed by atoms with E-state index >= 15 is 0 Å². The molecule has 0 fully saturated rings. The van der Waals surface area contributed by atoms with Crippen LogP contribution >= 0.6 is 11.8 Å². The largest absolute Gasteiger partial charge is 0.544 e. The molecule has 0 aliphatic rings. The summed E-state index contributed by atoms with van der Waals surface area (Å²) in [4.78, 5) is 22.3. The fraction of sp³-hybridized carbons (Fsp3) is 0.905. The van der Waals surface area contributed by atoms with E-state index < -0.39 is 95.8 Å². The highest BCUT2D eigenvalue weighted by Crippen LogP contribution is 2.66. The van der Waals surface area contributed by atoms with Crippen molar-refractivity contribution in [3.8, 4) is 0 Å². The molecule has 0 bridgehead atoms. The third-order valence-electron chi connectivity index (χ3n) is 6.19. The predicted octanol–water partition coefficient (Wildman–Crippen LogP) is 5.72. The van der Waals surface area contributed by atoms with Crippen LogP contribution in [0.4, 0.5) is 92.2 Å². The number of quaternary nitrogens is 1. The SMILES string of the molecule is C[N+](C)(CCCNC(=O)CSCCC(F)(F)C(F)(F)C(F)(F)C(F)(F)C(F)(F)C(F)(F)C(F)(F)C(F)(F)C(F)(F)C(F)(F)F)CC(=O)[O-]. The number of likely N-dealkylation sites (N-methyl/N-ethyl adjacent to an activating group) is 1. The molecule has 0 aromatic rings. The highest BCUT2D eigenvalue weighted by molar-refractivity contribution is 7.99. The number of aliphatic carboxylic acids is 1. The molecule has 48 heavy (non-hydrogen) atoms. The van der Waals surface area contributed by atoms with Gasteiger partial charge in [0.2, 0.25) is 5.91 Å². The van der Waals surface area contributed by atoms with Crippen LogP contribution in [0.3, 0.4) is 0 Å². The Kier molecular flexibility index (Phi) is 13.2. The van der Waals surface area contributed by atoms with E-state index in [0.717, 1.165) is 0 Å². The monoisotopic (exact) mass is 780 g/mol. The Morgan fingerprint density at radius 3 is 1.31 bits per heavy atom. The number of thioether (sulfide) groups is 1. The lowest BCUT2D eigenvalue weighted by atomic mass is 9.86. The summed E-state index contributed by atoms with van der Waals surface area (Å²) in [6.45, 7) is -0.578. The quantitative estimate of drug-likeness (QED) is 0.104. The Hall–Kier alpha value is -2.22. The van der Waals surface area contributed by atoms with Gasteiger partial charge in [0.15, 0.2) is 0 Å². The van der Waals surface area contributed by atoms with Crippen LogP contribution in [0.15, 0.2) is 0 Å². The van der Waals surface area contributed by atoms with Crippen molar-refractivity contribution in [3.05, 3.63) is 0 Å². The van der Waals surface area contributed by atoms with Crippen molar-refractivity contribution >= 4 is 23.6 Å². The van der Waals surface area contributed by atoms with Crippen molar-refractivity contribution < 1.29 is 111 Å². The van der Waals surface area contributed by atoms with Gasteiger partial charge in [-0.2, -0.15) is 104 Å². The minimum absolute atomic E-state index is 0.0717. The Labute approximate surface area is 258 Å². The van der Waals surface area contributed by atoms with Crippen LogP contribution in [0.1, 0.15) is 12.8 Å². The molecular weight excluding hydrogens is 759 g/mol. The van der Waals surface area contributed by atoms with Crippen LogP contribution < -0.4 is 10.4 Å². The summed E-state index contributed by atoms with van der Waals surface area (Å²) in [7, 11) is 2.87. The minimum atomic E-state index is -9.22. The number of amides is 1. The van der Waals surface area contributed by atoms with E-state index in [1.54, 1.807) is 0 Å². The lowest BCUT2D eigenvalue weighted by Crippen LogP contribution is -2.76. The number of carboxylic acids is 1. The highest BCUT2D eigenvalue weighted by Gasteiger charge is 2.97. The number of carbonyl (C=O) groups is 2. The van der Waals surface area contributed by atoms with Gasteiger partial charge in [-0.1, -0.05) is 0 Å². The molecule has 0 aliphatic carbocycles. The number of nitrogens with zero attached hydrogens (tertiary/aromatic N) is 1. The highest BCUT2D eigenvalue weighted by atomic mass is 32.2. The molecule has 0 aromatic heterocycles. The smallest absolute Gasteiger partial charge is 0.460 e. The first-order chi connectivity index (χ1) is 20.8. The number of halogens is 21. The molecular formula is C21H21F21N2O3S. The van der Waals surface area contributed by atoms with Gasteiger partial charge < -0.3 is 19.7 Å². The second kappa shape index (κ2) is 13.8. The Balaban J connectivity index is 5.94. The first-order valence-corrected chi connectivity index (χ1v) is 13.3. The summed E-state index contributed by atoms with van der Waals surface area (Å²) >= 11 is -0.147. The predicted molar refractivity (Wildman–Crippen MR) is 117 cm³/mol. The second-order valence-corrected chi connectivity index (χ2v) is 11.6. The van der Waals surface area contributed by atoms with Gasteiger partial charge in [0.1, 0.15) is 6.54 Å². The van der Waals surface area contributed by atoms with Crippen LogP contribution in [0, 0.1) is 0 Å². The van der Waals surface area contributed by atoms with Crippen LogP contribution in [0.5, 0.6) is 0 Å². The molecule has 1 N–H and O–H groups in total. The number of nitrogens with one attached hydrogen (secondary N) is 1. The van der Waals surface area contributed by atoms with E-state index in [9.17, 15) is 107 Å². The molecule has 0 saturated heterocycles. The molecule has 5 nitrogen and oxygen atoms in total. The van der Waals surface area contributed by atoms with Crippen LogP contribution in [-0.4, -0.2) is 121 Å². The Bertz CT molecular complexity index is 1140.